The quantitative estimate of drug-likeness (QED) is 0.511. The van der Waals surface area contributed by atoms with Gasteiger partial charge < -0.3 is 9.53 Å². The first-order valence-corrected chi connectivity index (χ1v) is 11.4. The number of benzene rings is 1. The van der Waals surface area contributed by atoms with Crippen molar-refractivity contribution in [3.63, 3.8) is 0 Å². The van der Waals surface area contributed by atoms with Crippen molar-refractivity contribution in [1.29, 1.82) is 0 Å². The molecule has 3 heteroatoms. The minimum Gasteiger partial charge on any atom is -0.410 e. The molecule has 0 aliphatic rings. The third-order valence-electron chi connectivity index (χ3n) is 4.88. The van der Waals surface area contributed by atoms with E-state index in [1.54, 1.807) is 0 Å². The van der Waals surface area contributed by atoms with E-state index in [9.17, 15) is 5.11 Å². The monoisotopic (exact) mass is 334 g/mol. The van der Waals surface area contributed by atoms with Gasteiger partial charge in [0.2, 0.25) is 0 Å². The lowest BCUT2D eigenvalue weighted by Gasteiger charge is -2.41. The van der Waals surface area contributed by atoms with Crippen LogP contribution >= 0.6 is 0 Å². The Bertz CT molecular complexity index is 500. The Labute approximate surface area is 143 Å². The third kappa shape index (κ3) is 5.59. The van der Waals surface area contributed by atoms with Gasteiger partial charge >= 0.3 is 0 Å². The Morgan fingerprint density at radius 1 is 1.17 bits per heavy atom. The fourth-order valence-corrected chi connectivity index (χ4v) is 3.77. The first-order valence-electron chi connectivity index (χ1n) is 8.54. The molecule has 0 bridgehead atoms. The highest BCUT2D eigenvalue weighted by Gasteiger charge is 2.40. The number of aliphatic hydroxyl groups is 1. The van der Waals surface area contributed by atoms with Gasteiger partial charge in [-0.2, -0.15) is 0 Å². The van der Waals surface area contributed by atoms with Gasteiger partial charge in [-0.05, 0) is 35.2 Å². The lowest BCUT2D eigenvalue weighted by Crippen LogP contribution is -2.45. The Morgan fingerprint density at radius 2 is 1.70 bits per heavy atom. The molecule has 23 heavy (non-hydrogen) atoms. The summed E-state index contributed by atoms with van der Waals surface area (Å²) >= 11 is 0. The van der Waals surface area contributed by atoms with Crippen molar-refractivity contribution < 1.29 is 9.53 Å². The normalized spacial score (nSPS) is 15.5. The van der Waals surface area contributed by atoms with Crippen LogP contribution in [-0.2, 0) is 4.43 Å². The van der Waals surface area contributed by atoms with Crippen LogP contribution in [0.3, 0.4) is 0 Å². The SMILES string of the molecule is C=C(C[C@@H](O)c1ccccc1)[C@H](O[Si](C)(C)C(C)(C)C)C(C)C. The van der Waals surface area contributed by atoms with Gasteiger partial charge in [0.05, 0.1) is 12.2 Å². The van der Waals surface area contributed by atoms with E-state index in [0.29, 0.717) is 12.3 Å². The molecule has 0 saturated heterocycles. The van der Waals surface area contributed by atoms with Crippen LogP contribution in [0.15, 0.2) is 42.5 Å². The minimum atomic E-state index is -1.87. The highest BCUT2D eigenvalue weighted by Crippen LogP contribution is 2.39. The van der Waals surface area contributed by atoms with Crippen LogP contribution in [0.25, 0.3) is 0 Å². The average molecular weight is 335 g/mol. The van der Waals surface area contributed by atoms with Crippen LogP contribution in [0.1, 0.15) is 52.7 Å². The Kier molecular flexibility index (Phi) is 6.81. The maximum atomic E-state index is 10.5. The minimum absolute atomic E-state index is 0.00532. The van der Waals surface area contributed by atoms with Crippen molar-refractivity contribution in [3.05, 3.63) is 48.0 Å². The summed E-state index contributed by atoms with van der Waals surface area (Å²) in [5.41, 5.74) is 1.92. The van der Waals surface area contributed by atoms with Gasteiger partial charge in [0.15, 0.2) is 8.32 Å². The zero-order chi connectivity index (χ0) is 17.8. The van der Waals surface area contributed by atoms with E-state index in [4.69, 9.17) is 4.43 Å². The molecule has 0 spiro atoms. The van der Waals surface area contributed by atoms with E-state index in [2.05, 4.69) is 54.3 Å². The predicted octanol–water partition coefficient (Wildman–Crippen LogP) is 5.71. The molecular weight excluding hydrogens is 300 g/mol. The molecule has 0 unspecified atom stereocenters. The molecule has 0 heterocycles. The fraction of sp³-hybridized carbons (Fsp3) is 0.600. The molecule has 0 amide bonds. The molecular formula is C20H34O2Si. The second-order valence-electron chi connectivity index (χ2n) is 8.33. The van der Waals surface area contributed by atoms with Crippen LogP contribution in [0.5, 0.6) is 0 Å². The summed E-state index contributed by atoms with van der Waals surface area (Å²) in [4.78, 5) is 0. The van der Waals surface area contributed by atoms with Crippen LogP contribution < -0.4 is 0 Å². The second-order valence-corrected chi connectivity index (χ2v) is 13.1. The predicted molar refractivity (Wildman–Crippen MR) is 102 cm³/mol. The van der Waals surface area contributed by atoms with E-state index >= 15 is 0 Å². The molecule has 0 saturated carbocycles. The van der Waals surface area contributed by atoms with Gasteiger partial charge in [-0.1, -0.05) is 71.5 Å². The molecule has 2 nitrogen and oxygen atoms in total. The molecule has 0 radical (unpaired) electrons. The lowest BCUT2D eigenvalue weighted by atomic mass is 9.94. The number of aliphatic hydroxyl groups excluding tert-OH is 1. The zero-order valence-electron chi connectivity index (χ0n) is 15.9. The van der Waals surface area contributed by atoms with E-state index < -0.39 is 14.4 Å². The van der Waals surface area contributed by atoms with Crippen molar-refractivity contribution in [2.24, 2.45) is 5.92 Å². The molecule has 1 N–H and O–H groups in total. The molecule has 1 aromatic rings. The van der Waals surface area contributed by atoms with Crippen molar-refractivity contribution in [2.45, 2.75) is 71.4 Å². The van der Waals surface area contributed by atoms with E-state index in [1.807, 2.05) is 30.3 Å². The molecule has 0 aromatic heterocycles. The second kappa shape index (κ2) is 7.78. The summed E-state index contributed by atoms with van der Waals surface area (Å²) in [6.45, 7) is 19.9. The largest absolute Gasteiger partial charge is 0.410 e. The van der Waals surface area contributed by atoms with E-state index in [-0.39, 0.29) is 11.1 Å². The number of hydrogen-bond donors (Lipinski definition) is 1. The summed E-state index contributed by atoms with van der Waals surface area (Å²) < 4.78 is 6.59. The van der Waals surface area contributed by atoms with Crippen molar-refractivity contribution in [2.75, 3.05) is 0 Å². The van der Waals surface area contributed by atoms with Gasteiger partial charge in [0, 0.05) is 6.42 Å². The smallest absolute Gasteiger partial charge is 0.192 e. The summed E-state index contributed by atoms with van der Waals surface area (Å²) in [5, 5.41) is 10.6. The standard InChI is InChI=1S/C20H34O2Si/c1-15(2)19(22-23(7,8)20(4,5)6)16(3)14-18(21)17-12-10-9-11-13-17/h9-13,15,18-19,21H,3,14H2,1-2,4-8H3/t18-,19-/m1/s1. The van der Waals surface area contributed by atoms with Gasteiger partial charge in [-0.15, -0.1) is 0 Å². The highest BCUT2D eigenvalue weighted by molar-refractivity contribution is 6.74. The van der Waals surface area contributed by atoms with Gasteiger partial charge in [0.25, 0.3) is 0 Å². The Morgan fingerprint density at radius 3 is 2.13 bits per heavy atom. The van der Waals surface area contributed by atoms with Crippen molar-refractivity contribution in [1.82, 2.24) is 0 Å². The van der Waals surface area contributed by atoms with Gasteiger partial charge in [0.1, 0.15) is 0 Å². The first kappa shape index (κ1) is 20.1. The van der Waals surface area contributed by atoms with Crippen molar-refractivity contribution in [3.8, 4) is 0 Å². The van der Waals surface area contributed by atoms with Gasteiger partial charge in [-0.3, -0.25) is 0 Å². The van der Waals surface area contributed by atoms with E-state index in [1.165, 1.54) is 0 Å². The molecule has 130 valence electrons. The first-order chi connectivity index (χ1) is 10.5. The molecule has 0 aliphatic heterocycles. The van der Waals surface area contributed by atoms with Crippen LogP contribution in [0, 0.1) is 5.92 Å². The Hall–Kier alpha value is -0.903. The molecule has 2 atom stereocenters. The number of hydrogen-bond acceptors (Lipinski definition) is 2. The zero-order valence-corrected chi connectivity index (χ0v) is 16.9. The molecule has 0 fully saturated rings. The third-order valence-corrected chi connectivity index (χ3v) is 9.33. The summed E-state index contributed by atoms with van der Waals surface area (Å²) in [6.07, 6.45) is 0.0174. The van der Waals surface area contributed by atoms with E-state index in [0.717, 1.165) is 11.1 Å². The highest BCUT2D eigenvalue weighted by atomic mass is 28.4. The summed E-state index contributed by atoms with van der Waals surface area (Å²) in [5.74, 6) is 0.347. The maximum absolute atomic E-state index is 10.5. The van der Waals surface area contributed by atoms with Crippen LogP contribution in [0.4, 0.5) is 0 Å². The van der Waals surface area contributed by atoms with Crippen molar-refractivity contribution >= 4 is 8.32 Å². The molecule has 1 aromatic carbocycles. The maximum Gasteiger partial charge on any atom is 0.192 e. The average Bonchev–Trinajstić information content (AvgIpc) is 2.44. The van der Waals surface area contributed by atoms with Crippen LogP contribution in [-0.4, -0.2) is 19.5 Å². The number of rotatable bonds is 7. The Balaban J connectivity index is 2.84. The fourth-order valence-electron chi connectivity index (χ4n) is 2.34. The van der Waals surface area contributed by atoms with Crippen LogP contribution in [0.2, 0.25) is 18.1 Å². The van der Waals surface area contributed by atoms with Gasteiger partial charge in [-0.25, -0.2) is 0 Å². The summed E-state index contributed by atoms with van der Waals surface area (Å²) in [7, 11) is -1.87. The topological polar surface area (TPSA) is 29.5 Å². The molecule has 0 aliphatic carbocycles. The lowest BCUT2D eigenvalue weighted by molar-refractivity contribution is 0.135. The summed E-state index contributed by atoms with van der Waals surface area (Å²) in [6, 6.07) is 9.78. The molecule has 1 rings (SSSR count).